The lowest BCUT2D eigenvalue weighted by molar-refractivity contribution is 0.0948. The maximum absolute atomic E-state index is 12.3. The minimum absolute atomic E-state index is 0.228. The highest BCUT2D eigenvalue weighted by atomic mass is 16.2. The van der Waals surface area contributed by atoms with Crippen molar-refractivity contribution in [2.75, 3.05) is 0 Å². The molecule has 108 valence electrons. The van der Waals surface area contributed by atoms with Gasteiger partial charge in [0, 0.05) is 12.4 Å². The summed E-state index contributed by atoms with van der Waals surface area (Å²) in [5.41, 5.74) is 4.61. The number of imidazole rings is 1. The van der Waals surface area contributed by atoms with Crippen LogP contribution < -0.4 is 5.43 Å². The van der Waals surface area contributed by atoms with Gasteiger partial charge in [0.25, 0.3) is 5.91 Å². The number of amides is 1. The monoisotopic (exact) mass is 282 g/mol. The van der Waals surface area contributed by atoms with Crippen molar-refractivity contribution >= 4 is 17.8 Å². The van der Waals surface area contributed by atoms with Crippen molar-refractivity contribution in [3.8, 4) is 0 Å². The molecule has 2 aromatic rings. The molecule has 1 aliphatic carbocycles. The number of rotatable bonds is 3. The van der Waals surface area contributed by atoms with Crippen LogP contribution >= 0.6 is 0 Å². The van der Waals surface area contributed by atoms with E-state index in [9.17, 15) is 4.79 Å². The van der Waals surface area contributed by atoms with Gasteiger partial charge in [-0.2, -0.15) is 5.10 Å². The van der Waals surface area contributed by atoms with Gasteiger partial charge in [0.2, 0.25) is 0 Å². The molecule has 21 heavy (non-hydrogen) atoms. The molecule has 0 bridgehead atoms. The second kappa shape index (κ2) is 5.91. The second-order valence-electron chi connectivity index (χ2n) is 5.24. The quantitative estimate of drug-likeness (QED) is 0.534. The van der Waals surface area contributed by atoms with Crippen LogP contribution in [-0.4, -0.2) is 21.5 Å². The standard InChI is InChI=1S/C16H18N4O/c1-12-15(20-10-6-5-9-14(20)18-12)16(21)19-17-11-13-7-3-2-4-8-13/h2-3,5-6,9-11,13H,4,7-8H2,1H3,(H,19,21)/b17-11-/t13-/m1/s1. The highest BCUT2D eigenvalue weighted by molar-refractivity contribution is 5.94. The SMILES string of the molecule is Cc1nc2ccccn2c1C(=O)N/N=C\[C@@H]1CC=CCC1. The number of fused-ring (bicyclic) bond motifs is 1. The summed E-state index contributed by atoms with van der Waals surface area (Å²) in [5, 5.41) is 4.10. The number of aryl methyl sites for hydroxylation is 1. The van der Waals surface area contributed by atoms with Crippen molar-refractivity contribution < 1.29 is 4.79 Å². The van der Waals surface area contributed by atoms with Gasteiger partial charge >= 0.3 is 0 Å². The molecule has 0 unspecified atom stereocenters. The van der Waals surface area contributed by atoms with E-state index >= 15 is 0 Å². The van der Waals surface area contributed by atoms with Crippen molar-refractivity contribution in [2.24, 2.45) is 11.0 Å². The topological polar surface area (TPSA) is 58.8 Å². The molecule has 0 saturated carbocycles. The molecule has 2 aromatic heterocycles. The molecule has 0 fully saturated rings. The minimum atomic E-state index is -0.228. The molecule has 1 aliphatic rings. The largest absolute Gasteiger partial charge is 0.295 e. The first-order chi connectivity index (χ1) is 10.3. The number of nitrogens with zero attached hydrogens (tertiary/aromatic N) is 3. The first-order valence-electron chi connectivity index (χ1n) is 7.18. The van der Waals surface area contributed by atoms with Crippen molar-refractivity contribution in [1.82, 2.24) is 14.8 Å². The first kappa shape index (κ1) is 13.5. The summed E-state index contributed by atoms with van der Waals surface area (Å²) in [6.45, 7) is 1.83. The first-order valence-corrected chi connectivity index (χ1v) is 7.18. The molecule has 3 rings (SSSR count). The Hall–Kier alpha value is -2.43. The van der Waals surface area contributed by atoms with Crippen LogP contribution in [0, 0.1) is 12.8 Å². The van der Waals surface area contributed by atoms with Crippen molar-refractivity contribution in [1.29, 1.82) is 0 Å². The van der Waals surface area contributed by atoms with E-state index in [0.29, 0.717) is 17.3 Å². The molecule has 1 amide bonds. The van der Waals surface area contributed by atoms with Crippen LogP contribution in [0.1, 0.15) is 35.4 Å². The Kier molecular flexibility index (Phi) is 3.81. The lowest BCUT2D eigenvalue weighted by Gasteiger charge is -2.11. The number of nitrogens with one attached hydrogen (secondary N) is 1. The molecule has 5 heteroatoms. The minimum Gasteiger partial charge on any atom is -0.295 e. The van der Waals surface area contributed by atoms with E-state index in [1.54, 1.807) is 4.40 Å². The average molecular weight is 282 g/mol. The second-order valence-corrected chi connectivity index (χ2v) is 5.24. The lowest BCUT2D eigenvalue weighted by Crippen LogP contribution is -2.21. The Morgan fingerprint density at radius 2 is 2.38 bits per heavy atom. The Bertz CT molecular complexity index is 714. The summed E-state index contributed by atoms with van der Waals surface area (Å²) in [6, 6.07) is 5.65. The molecular weight excluding hydrogens is 264 g/mol. The molecular formula is C16H18N4O. The number of carbonyl (C=O) groups is 1. The molecule has 5 nitrogen and oxygen atoms in total. The molecule has 0 spiro atoms. The number of hydrogen-bond donors (Lipinski definition) is 1. The Morgan fingerprint density at radius 1 is 1.48 bits per heavy atom. The van der Waals surface area contributed by atoms with E-state index in [2.05, 4.69) is 27.7 Å². The van der Waals surface area contributed by atoms with E-state index in [-0.39, 0.29) is 5.91 Å². The highest BCUT2D eigenvalue weighted by Crippen LogP contribution is 2.16. The van der Waals surface area contributed by atoms with E-state index in [1.807, 2.05) is 37.5 Å². The van der Waals surface area contributed by atoms with Crippen molar-refractivity contribution in [2.45, 2.75) is 26.2 Å². The number of carbonyl (C=O) groups excluding carboxylic acids is 1. The number of hydrogen-bond acceptors (Lipinski definition) is 3. The van der Waals surface area contributed by atoms with Crippen LogP contribution in [0.5, 0.6) is 0 Å². The van der Waals surface area contributed by atoms with Gasteiger partial charge in [-0.15, -0.1) is 0 Å². The van der Waals surface area contributed by atoms with Gasteiger partial charge in [0.1, 0.15) is 11.3 Å². The molecule has 0 radical (unpaired) electrons. The Balaban J connectivity index is 1.73. The zero-order chi connectivity index (χ0) is 14.7. The van der Waals surface area contributed by atoms with Crippen molar-refractivity contribution in [3.63, 3.8) is 0 Å². The summed E-state index contributed by atoms with van der Waals surface area (Å²) in [6.07, 6.45) is 11.2. The zero-order valence-electron chi connectivity index (χ0n) is 12.0. The van der Waals surface area contributed by atoms with Gasteiger partial charge < -0.3 is 0 Å². The van der Waals surface area contributed by atoms with E-state index in [0.717, 1.165) is 24.9 Å². The van der Waals surface area contributed by atoms with E-state index in [1.165, 1.54) is 0 Å². The maximum Gasteiger partial charge on any atom is 0.290 e. The van der Waals surface area contributed by atoms with Crippen LogP contribution in [0.3, 0.4) is 0 Å². The van der Waals surface area contributed by atoms with Crippen LogP contribution in [0.2, 0.25) is 0 Å². The predicted molar refractivity (Wildman–Crippen MR) is 82.4 cm³/mol. The van der Waals surface area contributed by atoms with Gasteiger partial charge in [-0.3, -0.25) is 9.20 Å². The van der Waals surface area contributed by atoms with E-state index < -0.39 is 0 Å². The lowest BCUT2D eigenvalue weighted by atomic mass is 9.96. The molecule has 1 N–H and O–H groups in total. The van der Waals surface area contributed by atoms with Gasteiger partial charge in [0.15, 0.2) is 0 Å². The third-order valence-corrected chi connectivity index (χ3v) is 3.68. The molecule has 0 aliphatic heterocycles. The number of aromatic nitrogens is 2. The third-order valence-electron chi connectivity index (χ3n) is 3.68. The van der Waals surface area contributed by atoms with Gasteiger partial charge in [-0.1, -0.05) is 18.2 Å². The number of allylic oxidation sites excluding steroid dienone is 2. The predicted octanol–water partition coefficient (Wildman–Crippen LogP) is 2.71. The van der Waals surface area contributed by atoms with Gasteiger partial charge in [-0.05, 0) is 44.2 Å². The van der Waals surface area contributed by atoms with Crippen LogP contribution in [0.15, 0.2) is 41.6 Å². The van der Waals surface area contributed by atoms with E-state index in [4.69, 9.17) is 0 Å². The maximum atomic E-state index is 12.3. The molecule has 0 saturated heterocycles. The number of pyridine rings is 1. The molecule has 2 heterocycles. The van der Waals surface area contributed by atoms with Crippen molar-refractivity contribution in [3.05, 3.63) is 47.9 Å². The average Bonchev–Trinajstić information content (AvgIpc) is 2.84. The third kappa shape index (κ3) is 2.86. The summed E-state index contributed by atoms with van der Waals surface area (Å²) >= 11 is 0. The fourth-order valence-electron chi connectivity index (χ4n) is 2.59. The van der Waals surface area contributed by atoms with Gasteiger partial charge in [0.05, 0.1) is 5.69 Å². The summed E-state index contributed by atoms with van der Waals surface area (Å²) in [7, 11) is 0. The fraction of sp³-hybridized carbons (Fsp3) is 0.312. The Labute approximate surface area is 123 Å². The summed E-state index contributed by atoms with van der Waals surface area (Å²) < 4.78 is 1.78. The van der Waals surface area contributed by atoms with Gasteiger partial charge in [-0.25, -0.2) is 10.4 Å². The normalized spacial score (nSPS) is 18.4. The summed E-state index contributed by atoms with van der Waals surface area (Å²) in [5.74, 6) is 0.187. The number of hydrazone groups is 1. The molecule has 1 atom stereocenters. The van der Waals surface area contributed by atoms with Crippen LogP contribution in [0.25, 0.3) is 5.65 Å². The summed E-state index contributed by atoms with van der Waals surface area (Å²) in [4.78, 5) is 16.7. The molecule has 0 aromatic carbocycles. The Morgan fingerprint density at radius 3 is 3.19 bits per heavy atom. The smallest absolute Gasteiger partial charge is 0.290 e. The fourth-order valence-corrected chi connectivity index (χ4v) is 2.59. The van der Waals surface area contributed by atoms with Crippen LogP contribution in [0.4, 0.5) is 0 Å². The zero-order valence-corrected chi connectivity index (χ0v) is 12.0. The van der Waals surface area contributed by atoms with Crippen LogP contribution in [-0.2, 0) is 0 Å². The highest BCUT2D eigenvalue weighted by Gasteiger charge is 2.15.